The van der Waals surface area contributed by atoms with E-state index in [1.807, 2.05) is 45.0 Å². The Morgan fingerprint density at radius 1 is 1.25 bits per heavy atom. The van der Waals surface area contributed by atoms with E-state index >= 15 is 0 Å². The summed E-state index contributed by atoms with van der Waals surface area (Å²) in [6.45, 7) is 6.51. The number of amides is 1. The monoisotopic (exact) mass is 355 g/mol. The van der Waals surface area contributed by atoms with E-state index in [4.69, 9.17) is 25.8 Å². The molecule has 0 saturated carbocycles. The molecule has 0 aliphatic carbocycles. The van der Waals surface area contributed by atoms with Gasteiger partial charge in [0.1, 0.15) is 17.3 Å². The van der Waals surface area contributed by atoms with Crippen molar-refractivity contribution in [3.8, 4) is 0 Å². The van der Waals surface area contributed by atoms with Crippen LogP contribution in [0, 0.1) is 0 Å². The molecule has 1 saturated heterocycles. The van der Waals surface area contributed by atoms with Gasteiger partial charge in [-0.3, -0.25) is 0 Å². The molecule has 6 heteroatoms. The fraction of sp³-hybridized carbons (Fsp3) is 0.611. The van der Waals surface area contributed by atoms with Crippen molar-refractivity contribution in [3.63, 3.8) is 0 Å². The van der Waals surface area contributed by atoms with Crippen LogP contribution in [0.5, 0.6) is 0 Å². The van der Waals surface area contributed by atoms with E-state index in [2.05, 4.69) is 0 Å². The van der Waals surface area contributed by atoms with E-state index in [1.165, 1.54) is 0 Å². The van der Waals surface area contributed by atoms with E-state index in [0.29, 0.717) is 24.5 Å². The third-order valence-electron chi connectivity index (χ3n) is 4.29. The molecule has 1 aliphatic rings. The Kier molecular flexibility index (Phi) is 5.78. The van der Waals surface area contributed by atoms with Gasteiger partial charge in [0.15, 0.2) is 0 Å². The first-order valence-electron chi connectivity index (χ1n) is 8.04. The molecular formula is C18H26ClNO4. The molecule has 1 amide bonds. The highest BCUT2D eigenvalue weighted by Crippen LogP contribution is 2.38. The number of likely N-dealkylation sites (tertiary alicyclic amines) is 1. The summed E-state index contributed by atoms with van der Waals surface area (Å²) in [5.74, 6) is 0. The van der Waals surface area contributed by atoms with Crippen LogP contribution >= 0.6 is 11.6 Å². The van der Waals surface area contributed by atoms with Crippen LogP contribution in [0.3, 0.4) is 0 Å². The van der Waals surface area contributed by atoms with Crippen molar-refractivity contribution >= 4 is 17.7 Å². The Balaban J connectivity index is 2.22. The van der Waals surface area contributed by atoms with Crippen molar-refractivity contribution in [2.24, 2.45) is 0 Å². The zero-order valence-corrected chi connectivity index (χ0v) is 15.7. The van der Waals surface area contributed by atoms with Gasteiger partial charge < -0.3 is 19.1 Å². The fourth-order valence-corrected chi connectivity index (χ4v) is 3.20. The molecule has 1 aromatic carbocycles. The zero-order chi connectivity index (χ0) is 18.0. The summed E-state index contributed by atoms with van der Waals surface area (Å²) >= 11 is 5.99. The normalized spacial score (nSPS) is 24.8. The molecule has 0 aromatic heterocycles. The first kappa shape index (κ1) is 19.0. The minimum Gasteiger partial charge on any atom is -0.444 e. The Bertz CT molecular complexity index is 569. The topological polar surface area (TPSA) is 48.0 Å². The van der Waals surface area contributed by atoms with E-state index < -0.39 is 11.2 Å². The van der Waals surface area contributed by atoms with Gasteiger partial charge in [-0.1, -0.05) is 23.7 Å². The highest BCUT2D eigenvalue weighted by Gasteiger charge is 2.47. The summed E-state index contributed by atoms with van der Waals surface area (Å²) in [6, 6.07) is 7.57. The number of nitrogens with zero attached hydrogens (tertiary/aromatic N) is 1. The van der Waals surface area contributed by atoms with Crippen molar-refractivity contribution < 1.29 is 19.0 Å². The van der Waals surface area contributed by atoms with Crippen LogP contribution in [0.2, 0.25) is 5.02 Å². The van der Waals surface area contributed by atoms with Crippen LogP contribution < -0.4 is 0 Å². The molecule has 0 N–H and O–H groups in total. The maximum absolute atomic E-state index is 12.3. The molecular weight excluding hydrogens is 330 g/mol. The van der Waals surface area contributed by atoms with Gasteiger partial charge in [-0.2, -0.15) is 0 Å². The molecule has 24 heavy (non-hydrogen) atoms. The average molecular weight is 356 g/mol. The second kappa shape index (κ2) is 7.30. The second-order valence-corrected chi connectivity index (χ2v) is 7.44. The lowest BCUT2D eigenvalue weighted by Gasteiger charge is -2.46. The largest absolute Gasteiger partial charge is 0.444 e. The molecule has 0 bridgehead atoms. The van der Waals surface area contributed by atoms with Crippen LogP contribution in [-0.4, -0.2) is 50.0 Å². The molecule has 1 fully saturated rings. The van der Waals surface area contributed by atoms with E-state index in [0.717, 1.165) is 5.56 Å². The maximum atomic E-state index is 12.3. The van der Waals surface area contributed by atoms with Gasteiger partial charge in [0.2, 0.25) is 0 Å². The number of benzene rings is 1. The molecule has 0 spiro atoms. The van der Waals surface area contributed by atoms with Crippen molar-refractivity contribution in [1.29, 1.82) is 0 Å². The van der Waals surface area contributed by atoms with E-state index in [9.17, 15) is 4.79 Å². The molecule has 1 heterocycles. The summed E-state index contributed by atoms with van der Waals surface area (Å²) in [5.41, 5.74) is -0.145. The van der Waals surface area contributed by atoms with Gasteiger partial charge >= 0.3 is 6.09 Å². The lowest BCUT2D eigenvalue weighted by molar-refractivity contribution is -0.156. The molecule has 0 radical (unpaired) electrons. The van der Waals surface area contributed by atoms with Crippen molar-refractivity contribution in [2.75, 3.05) is 27.3 Å². The summed E-state index contributed by atoms with van der Waals surface area (Å²) in [4.78, 5) is 14.0. The number of rotatable bonds is 3. The van der Waals surface area contributed by atoms with Crippen LogP contribution in [-0.2, 0) is 19.8 Å². The van der Waals surface area contributed by atoms with Gasteiger partial charge in [0.05, 0.1) is 6.54 Å². The van der Waals surface area contributed by atoms with Crippen molar-refractivity contribution in [3.05, 3.63) is 34.9 Å². The number of hydrogen-bond donors (Lipinski definition) is 0. The van der Waals surface area contributed by atoms with Crippen LogP contribution in [0.4, 0.5) is 4.79 Å². The predicted octanol–water partition coefficient (Wildman–Crippen LogP) is 3.84. The van der Waals surface area contributed by atoms with Gasteiger partial charge in [0.25, 0.3) is 0 Å². The summed E-state index contributed by atoms with van der Waals surface area (Å²) in [7, 11) is 3.30. The lowest BCUT2D eigenvalue weighted by atomic mass is 9.81. The second-order valence-electron chi connectivity index (χ2n) is 7.00. The summed E-state index contributed by atoms with van der Waals surface area (Å²) in [5, 5.41) is 0.671. The first-order valence-corrected chi connectivity index (χ1v) is 8.41. The Labute approximate surface area is 148 Å². The molecule has 2 unspecified atom stereocenters. The fourth-order valence-electron chi connectivity index (χ4n) is 3.07. The Morgan fingerprint density at radius 2 is 1.88 bits per heavy atom. The molecule has 2 atom stereocenters. The predicted molar refractivity (Wildman–Crippen MR) is 93.4 cm³/mol. The third-order valence-corrected chi connectivity index (χ3v) is 4.54. The van der Waals surface area contributed by atoms with E-state index in [-0.39, 0.29) is 12.2 Å². The molecule has 2 rings (SSSR count). The Morgan fingerprint density at radius 3 is 2.38 bits per heavy atom. The number of ether oxygens (including phenoxy) is 3. The number of carbonyl (C=O) groups is 1. The van der Waals surface area contributed by atoms with Gasteiger partial charge in [-0.15, -0.1) is 0 Å². The number of halogens is 1. The highest BCUT2D eigenvalue weighted by molar-refractivity contribution is 6.30. The minimum atomic E-state index is -0.613. The quantitative estimate of drug-likeness (QED) is 0.826. The average Bonchev–Trinajstić information content (AvgIpc) is 2.53. The van der Waals surface area contributed by atoms with Gasteiger partial charge in [-0.05, 0) is 38.5 Å². The van der Waals surface area contributed by atoms with Crippen LogP contribution in [0.15, 0.2) is 24.3 Å². The molecule has 134 valence electrons. The summed E-state index contributed by atoms with van der Waals surface area (Å²) < 4.78 is 17.0. The van der Waals surface area contributed by atoms with E-state index in [1.54, 1.807) is 19.1 Å². The number of piperidine rings is 1. The van der Waals surface area contributed by atoms with Gasteiger partial charge in [0, 0.05) is 32.2 Å². The van der Waals surface area contributed by atoms with Crippen molar-refractivity contribution in [1.82, 2.24) is 4.90 Å². The first-order chi connectivity index (χ1) is 11.2. The molecule has 1 aliphatic heterocycles. The lowest BCUT2D eigenvalue weighted by Crippen LogP contribution is -2.57. The minimum absolute atomic E-state index is 0.301. The number of carbonyl (C=O) groups excluding carboxylic acids is 1. The number of methoxy groups -OCH3 is 2. The van der Waals surface area contributed by atoms with Crippen molar-refractivity contribution in [2.45, 2.75) is 44.5 Å². The van der Waals surface area contributed by atoms with Crippen LogP contribution in [0.25, 0.3) is 0 Å². The smallest absolute Gasteiger partial charge is 0.410 e. The molecule has 1 aromatic rings. The van der Waals surface area contributed by atoms with Crippen LogP contribution in [0.1, 0.15) is 32.8 Å². The number of hydrogen-bond acceptors (Lipinski definition) is 4. The Hall–Kier alpha value is -1.30. The standard InChI is InChI=1S/C18H26ClNO4/c1-17(2,3)24-16(21)20-11-10-18(23-5,15(12-20)22-4)13-6-8-14(19)9-7-13/h6-9,15H,10-12H2,1-5H3. The third kappa shape index (κ3) is 4.02. The highest BCUT2D eigenvalue weighted by atomic mass is 35.5. The molecule has 5 nitrogen and oxygen atoms in total. The maximum Gasteiger partial charge on any atom is 0.410 e. The van der Waals surface area contributed by atoms with Gasteiger partial charge in [-0.25, -0.2) is 4.79 Å². The zero-order valence-electron chi connectivity index (χ0n) is 15.0. The SMILES string of the molecule is COC1CN(C(=O)OC(C)(C)C)CCC1(OC)c1ccc(Cl)cc1. The summed E-state index contributed by atoms with van der Waals surface area (Å²) in [6.07, 6.45) is -0.0154.